The van der Waals surface area contributed by atoms with Crippen molar-refractivity contribution in [2.75, 3.05) is 0 Å². The second kappa shape index (κ2) is 13.8. The third kappa shape index (κ3) is 8.53. The van der Waals surface area contributed by atoms with E-state index < -0.39 is 5.97 Å². The average molecular weight is 436 g/mol. The van der Waals surface area contributed by atoms with Crippen LogP contribution in [0.4, 0.5) is 0 Å². The first-order valence-electron chi connectivity index (χ1n) is 12.3. The molecule has 0 aliphatic heterocycles. The van der Waals surface area contributed by atoms with Crippen LogP contribution in [0.2, 0.25) is 0 Å². The normalized spacial score (nSPS) is 17.8. The Morgan fingerprint density at radius 2 is 1.44 bits per heavy atom. The van der Waals surface area contributed by atoms with Crippen molar-refractivity contribution in [1.82, 2.24) is 0 Å². The van der Waals surface area contributed by atoms with Gasteiger partial charge < -0.3 is 10.8 Å². The summed E-state index contributed by atoms with van der Waals surface area (Å²) in [5.74, 6) is 0.632. The van der Waals surface area contributed by atoms with Gasteiger partial charge in [0.25, 0.3) is 0 Å². The van der Waals surface area contributed by atoms with Gasteiger partial charge in [-0.15, -0.1) is 0 Å². The number of carboxylic acids is 1. The minimum absolute atomic E-state index is 0.324. The van der Waals surface area contributed by atoms with Crippen LogP contribution in [0.3, 0.4) is 0 Å². The molecule has 3 rings (SSSR count). The first kappa shape index (κ1) is 25.7. The molecular weight excluding hydrogens is 394 g/mol. The summed E-state index contributed by atoms with van der Waals surface area (Å²) in [7, 11) is 0. The monoisotopic (exact) mass is 435 g/mol. The molecule has 0 amide bonds. The van der Waals surface area contributed by atoms with Crippen molar-refractivity contribution in [3.8, 4) is 11.1 Å². The predicted octanol–water partition coefficient (Wildman–Crippen LogP) is 7.70. The predicted molar refractivity (Wildman–Crippen MR) is 136 cm³/mol. The highest BCUT2D eigenvalue weighted by Crippen LogP contribution is 2.38. The van der Waals surface area contributed by atoms with E-state index in [1.807, 2.05) is 0 Å². The van der Waals surface area contributed by atoms with Crippen LogP contribution in [0.1, 0.15) is 88.7 Å². The van der Waals surface area contributed by atoms with E-state index in [2.05, 4.69) is 74.7 Å². The lowest BCUT2D eigenvalue weighted by molar-refractivity contribution is -0.132. The van der Waals surface area contributed by atoms with E-state index in [0.717, 1.165) is 11.8 Å². The van der Waals surface area contributed by atoms with Gasteiger partial charge in [0, 0.05) is 0 Å². The molecule has 0 saturated heterocycles. The summed E-state index contributed by atoms with van der Waals surface area (Å²) in [5, 5.41) is 7.77. The molecule has 0 unspecified atom stereocenters. The molecule has 3 heteroatoms. The van der Waals surface area contributed by atoms with Crippen molar-refractivity contribution in [3.05, 3.63) is 71.9 Å². The second-order valence-electron chi connectivity index (χ2n) is 9.11. The maximum atomic E-state index is 9.47. The Balaban J connectivity index is 0.000000534. The van der Waals surface area contributed by atoms with E-state index in [9.17, 15) is 4.79 Å². The molecule has 0 spiro atoms. The highest BCUT2D eigenvalue weighted by molar-refractivity contribution is 5.84. The zero-order chi connectivity index (χ0) is 23.3. The molecule has 0 radical (unpaired) electrons. The van der Waals surface area contributed by atoms with Crippen LogP contribution in [0, 0.1) is 5.92 Å². The summed E-state index contributed by atoms with van der Waals surface area (Å²) >= 11 is 0. The summed E-state index contributed by atoms with van der Waals surface area (Å²) in [5.41, 5.74) is 10.0. The standard InChI is InChI=1S/C26H36.C3H5NO2/c1-3-5-6-8-22-11-15-24(16-12-22)26-19-17-25(18-20-26)23-13-9-21(7-4-2)10-14-23;1-2(4)3(5)6/h9-10,13-14,17-20,22,24H,3-8,11-12,15-16H2,1-2H3;1,4H2,(H,5,6). The van der Waals surface area contributed by atoms with E-state index in [-0.39, 0.29) is 5.70 Å². The number of nitrogens with two attached hydrogens (primary N) is 1. The summed E-state index contributed by atoms with van der Waals surface area (Å²) in [4.78, 5) is 9.47. The third-order valence-electron chi connectivity index (χ3n) is 6.55. The van der Waals surface area contributed by atoms with Crippen LogP contribution in [-0.2, 0) is 11.2 Å². The first-order chi connectivity index (χ1) is 15.4. The van der Waals surface area contributed by atoms with Crippen molar-refractivity contribution >= 4 is 5.97 Å². The SMILES string of the molecule is C=C(N)C(=O)O.CCCCCC1CCC(c2ccc(-c3ccc(CCC)cc3)cc2)CC1. The summed E-state index contributed by atoms with van der Waals surface area (Å²) in [6.45, 7) is 7.48. The van der Waals surface area contributed by atoms with Crippen molar-refractivity contribution < 1.29 is 9.90 Å². The highest BCUT2D eigenvalue weighted by Gasteiger charge is 2.22. The zero-order valence-electron chi connectivity index (χ0n) is 20.0. The largest absolute Gasteiger partial charge is 0.477 e. The van der Waals surface area contributed by atoms with Gasteiger partial charge in [0.2, 0.25) is 0 Å². The van der Waals surface area contributed by atoms with E-state index in [4.69, 9.17) is 5.11 Å². The molecule has 32 heavy (non-hydrogen) atoms. The molecule has 1 fully saturated rings. The van der Waals surface area contributed by atoms with Crippen LogP contribution in [0.5, 0.6) is 0 Å². The topological polar surface area (TPSA) is 63.3 Å². The van der Waals surface area contributed by atoms with Gasteiger partial charge in [-0.25, -0.2) is 4.79 Å². The van der Waals surface area contributed by atoms with E-state index >= 15 is 0 Å². The number of hydrogen-bond acceptors (Lipinski definition) is 2. The lowest BCUT2D eigenvalue weighted by Gasteiger charge is -2.29. The number of rotatable bonds is 9. The summed E-state index contributed by atoms with van der Waals surface area (Å²) in [6.07, 6.45) is 13.7. The molecule has 3 nitrogen and oxygen atoms in total. The molecular formula is C29H41NO2. The van der Waals surface area contributed by atoms with Crippen LogP contribution in [-0.4, -0.2) is 11.1 Å². The van der Waals surface area contributed by atoms with Gasteiger partial charge >= 0.3 is 5.97 Å². The Hall–Kier alpha value is -2.55. The quantitative estimate of drug-likeness (QED) is 0.313. The number of hydrogen-bond donors (Lipinski definition) is 2. The number of benzene rings is 2. The number of carboxylic acid groups (broad SMARTS) is 1. The summed E-state index contributed by atoms with van der Waals surface area (Å²) in [6, 6.07) is 18.6. The fraction of sp³-hybridized carbons (Fsp3) is 0.483. The Labute approximate surface area is 194 Å². The first-order valence-corrected chi connectivity index (χ1v) is 12.3. The second-order valence-corrected chi connectivity index (χ2v) is 9.11. The zero-order valence-corrected chi connectivity index (χ0v) is 20.0. The molecule has 0 heterocycles. The van der Waals surface area contributed by atoms with Crippen molar-refractivity contribution in [3.63, 3.8) is 0 Å². The number of carbonyl (C=O) groups is 1. The summed E-state index contributed by atoms with van der Waals surface area (Å²) < 4.78 is 0. The number of unbranched alkanes of at least 4 members (excludes halogenated alkanes) is 2. The molecule has 174 valence electrons. The van der Waals surface area contributed by atoms with E-state index in [1.165, 1.54) is 80.9 Å². The molecule has 3 N–H and O–H groups in total. The smallest absolute Gasteiger partial charge is 0.351 e. The van der Waals surface area contributed by atoms with Crippen molar-refractivity contribution in [2.45, 2.75) is 84.0 Å². The number of aryl methyl sites for hydroxylation is 1. The van der Waals surface area contributed by atoms with Gasteiger partial charge in [0.1, 0.15) is 5.70 Å². The minimum atomic E-state index is -1.16. The molecule has 0 bridgehead atoms. The van der Waals surface area contributed by atoms with Crippen LogP contribution in [0.15, 0.2) is 60.8 Å². The van der Waals surface area contributed by atoms with Crippen LogP contribution < -0.4 is 5.73 Å². The highest BCUT2D eigenvalue weighted by atomic mass is 16.4. The molecule has 0 aromatic heterocycles. The van der Waals surface area contributed by atoms with E-state index in [0.29, 0.717) is 0 Å². The van der Waals surface area contributed by atoms with Gasteiger partial charge in [-0.2, -0.15) is 0 Å². The maximum Gasteiger partial charge on any atom is 0.351 e. The molecule has 1 aliphatic rings. The molecule has 0 atom stereocenters. The van der Waals surface area contributed by atoms with Gasteiger partial charge in [0.15, 0.2) is 0 Å². The van der Waals surface area contributed by atoms with Gasteiger partial charge in [-0.3, -0.25) is 0 Å². The third-order valence-corrected chi connectivity index (χ3v) is 6.55. The minimum Gasteiger partial charge on any atom is -0.477 e. The van der Waals surface area contributed by atoms with Crippen molar-refractivity contribution in [2.24, 2.45) is 11.7 Å². The Bertz CT molecular complexity index is 803. The molecule has 2 aromatic rings. The Kier molecular flexibility index (Phi) is 11.1. The molecule has 1 aliphatic carbocycles. The lowest BCUT2D eigenvalue weighted by Crippen LogP contribution is -2.13. The average Bonchev–Trinajstić information content (AvgIpc) is 2.81. The fourth-order valence-corrected chi connectivity index (χ4v) is 4.57. The maximum absolute atomic E-state index is 9.47. The number of aliphatic carboxylic acids is 1. The van der Waals surface area contributed by atoms with Crippen LogP contribution >= 0.6 is 0 Å². The molecule has 1 saturated carbocycles. The van der Waals surface area contributed by atoms with E-state index in [1.54, 1.807) is 5.56 Å². The Morgan fingerprint density at radius 1 is 0.906 bits per heavy atom. The van der Waals surface area contributed by atoms with Crippen molar-refractivity contribution in [1.29, 1.82) is 0 Å². The Morgan fingerprint density at radius 3 is 1.91 bits per heavy atom. The molecule has 2 aromatic carbocycles. The van der Waals surface area contributed by atoms with Gasteiger partial charge in [-0.1, -0.05) is 101 Å². The van der Waals surface area contributed by atoms with Gasteiger partial charge in [-0.05, 0) is 66.2 Å². The van der Waals surface area contributed by atoms with Crippen LogP contribution in [0.25, 0.3) is 11.1 Å². The van der Waals surface area contributed by atoms with Gasteiger partial charge in [0.05, 0.1) is 0 Å². The fourth-order valence-electron chi connectivity index (χ4n) is 4.57. The lowest BCUT2D eigenvalue weighted by atomic mass is 9.77.